The van der Waals surface area contributed by atoms with Gasteiger partial charge >= 0.3 is 0 Å². The molecule has 6 nitrogen and oxygen atoms in total. The second kappa shape index (κ2) is 7.01. The predicted molar refractivity (Wildman–Crippen MR) is 65.6 cm³/mol. The van der Waals surface area contributed by atoms with Gasteiger partial charge in [-0.25, -0.2) is 0 Å². The zero-order chi connectivity index (χ0) is 12.7. The molecular weight excluding hydrogens is 218 g/mol. The number of nitrogens with two attached hydrogens (primary N) is 1. The van der Waals surface area contributed by atoms with Crippen molar-refractivity contribution in [2.45, 2.75) is 32.7 Å². The van der Waals surface area contributed by atoms with Crippen LogP contribution in [0.5, 0.6) is 0 Å². The van der Waals surface area contributed by atoms with Crippen molar-refractivity contribution in [2.24, 2.45) is 5.73 Å². The maximum atomic E-state index is 11.9. The monoisotopic (exact) mass is 239 g/mol. The maximum absolute atomic E-state index is 11.9. The Kier molecular flexibility index (Phi) is 5.62. The van der Waals surface area contributed by atoms with Crippen LogP contribution in [0.3, 0.4) is 0 Å². The lowest BCUT2D eigenvalue weighted by atomic mass is 10.2. The van der Waals surface area contributed by atoms with E-state index in [0.717, 1.165) is 25.8 Å². The average Bonchev–Trinajstić information content (AvgIpc) is 2.77. The van der Waals surface area contributed by atoms with Crippen molar-refractivity contribution < 1.29 is 4.79 Å². The highest BCUT2D eigenvalue weighted by molar-refractivity contribution is 5.91. The molecule has 0 saturated heterocycles. The standard InChI is InChI=1S/C11H21N5O/c1-3-4-5-7-15(2)11(17)10-9-16(8-6-12)14-13-10/h9H,3-8,12H2,1-2H3. The zero-order valence-corrected chi connectivity index (χ0v) is 10.6. The Morgan fingerprint density at radius 1 is 1.53 bits per heavy atom. The van der Waals surface area contributed by atoms with Crippen LogP contribution < -0.4 is 5.73 Å². The molecule has 0 radical (unpaired) electrons. The summed E-state index contributed by atoms with van der Waals surface area (Å²) in [6.07, 6.45) is 4.95. The number of carbonyl (C=O) groups excluding carboxylic acids is 1. The molecule has 1 aromatic heterocycles. The van der Waals surface area contributed by atoms with E-state index < -0.39 is 0 Å². The molecular formula is C11H21N5O. The van der Waals surface area contributed by atoms with E-state index in [-0.39, 0.29) is 5.91 Å². The molecule has 0 spiro atoms. The molecule has 1 amide bonds. The lowest BCUT2D eigenvalue weighted by Crippen LogP contribution is -2.28. The number of rotatable bonds is 7. The number of hydrogen-bond donors (Lipinski definition) is 1. The molecule has 0 bridgehead atoms. The third-order valence-corrected chi connectivity index (χ3v) is 2.56. The van der Waals surface area contributed by atoms with Crippen LogP contribution in [0.2, 0.25) is 0 Å². The number of amides is 1. The summed E-state index contributed by atoms with van der Waals surface area (Å²) in [4.78, 5) is 13.6. The van der Waals surface area contributed by atoms with Gasteiger partial charge in [-0.05, 0) is 6.42 Å². The fraction of sp³-hybridized carbons (Fsp3) is 0.727. The van der Waals surface area contributed by atoms with E-state index in [4.69, 9.17) is 5.73 Å². The predicted octanol–water partition coefficient (Wildman–Crippen LogP) is 0.499. The molecule has 6 heteroatoms. The molecule has 96 valence electrons. The molecule has 0 aromatic carbocycles. The Labute approximate surface area is 102 Å². The Morgan fingerprint density at radius 3 is 2.94 bits per heavy atom. The largest absolute Gasteiger partial charge is 0.340 e. The number of carbonyl (C=O) groups is 1. The summed E-state index contributed by atoms with van der Waals surface area (Å²) in [6.45, 7) is 3.97. The Hall–Kier alpha value is -1.43. The van der Waals surface area contributed by atoms with Gasteiger partial charge in [0.1, 0.15) is 0 Å². The number of nitrogens with zero attached hydrogens (tertiary/aromatic N) is 4. The van der Waals surface area contributed by atoms with Crippen LogP contribution in [0.4, 0.5) is 0 Å². The third kappa shape index (κ3) is 4.14. The minimum Gasteiger partial charge on any atom is -0.340 e. The van der Waals surface area contributed by atoms with Crippen LogP contribution in [0.1, 0.15) is 36.7 Å². The van der Waals surface area contributed by atoms with E-state index in [1.807, 2.05) is 0 Å². The van der Waals surface area contributed by atoms with Gasteiger partial charge in [0, 0.05) is 20.1 Å². The highest BCUT2D eigenvalue weighted by atomic mass is 16.2. The van der Waals surface area contributed by atoms with Gasteiger partial charge in [0.25, 0.3) is 5.91 Å². The molecule has 1 aromatic rings. The van der Waals surface area contributed by atoms with Gasteiger partial charge in [0.05, 0.1) is 12.7 Å². The van der Waals surface area contributed by atoms with E-state index in [1.165, 1.54) is 0 Å². The van der Waals surface area contributed by atoms with Gasteiger partial charge in [-0.15, -0.1) is 5.10 Å². The van der Waals surface area contributed by atoms with E-state index in [9.17, 15) is 4.79 Å². The minimum absolute atomic E-state index is 0.0793. The molecule has 1 rings (SSSR count). The van der Waals surface area contributed by atoms with E-state index in [2.05, 4.69) is 17.2 Å². The highest BCUT2D eigenvalue weighted by Crippen LogP contribution is 2.02. The molecule has 0 aliphatic rings. The van der Waals surface area contributed by atoms with Crippen LogP contribution in [0.15, 0.2) is 6.20 Å². The second-order valence-corrected chi connectivity index (χ2v) is 4.09. The summed E-state index contributed by atoms with van der Waals surface area (Å²) in [6, 6.07) is 0. The first-order chi connectivity index (χ1) is 8.19. The fourth-order valence-electron chi connectivity index (χ4n) is 1.53. The third-order valence-electron chi connectivity index (χ3n) is 2.56. The highest BCUT2D eigenvalue weighted by Gasteiger charge is 2.14. The van der Waals surface area contributed by atoms with Crippen molar-refractivity contribution in [2.75, 3.05) is 20.1 Å². The molecule has 0 aliphatic heterocycles. The number of aromatic nitrogens is 3. The van der Waals surface area contributed by atoms with Gasteiger partial charge < -0.3 is 10.6 Å². The molecule has 0 unspecified atom stereocenters. The first kappa shape index (κ1) is 13.6. The van der Waals surface area contributed by atoms with Gasteiger partial charge in [-0.1, -0.05) is 25.0 Å². The SMILES string of the molecule is CCCCCN(C)C(=O)c1cn(CCN)nn1. The molecule has 17 heavy (non-hydrogen) atoms. The Balaban J connectivity index is 2.49. The number of unbranched alkanes of at least 4 members (excludes halogenated alkanes) is 2. The minimum atomic E-state index is -0.0793. The van der Waals surface area contributed by atoms with Gasteiger partial charge in [-0.2, -0.15) is 0 Å². The summed E-state index contributed by atoms with van der Waals surface area (Å²) < 4.78 is 1.59. The summed E-state index contributed by atoms with van der Waals surface area (Å²) in [5.74, 6) is -0.0793. The lowest BCUT2D eigenvalue weighted by molar-refractivity contribution is 0.0787. The summed E-state index contributed by atoms with van der Waals surface area (Å²) in [7, 11) is 1.79. The van der Waals surface area contributed by atoms with Gasteiger partial charge in [-0.3, -0.25) is 9.48 Å². The Bertz CT molecular complexity index is 349. The molecule has 2 N–H and O–H groups in total. The fourth-order valence-corrected chi connectivity index (χ4v) is 1.53. The van der Waals surface area contributed by atoms with Crippen LogP contribution in [-0.4, -0.2) is 45.9 Å². The molecule has 0 fully saturated rings. The van der Waals surface area contributed by atoms with Gasteiger partial charge in [0.2, 0.25) is 0 Å². The Morgan fingerprint density at radius 2 is 2.29 bits per heavy atom. The summed E-state index contributed by atoms with van der Waals surface area (Å²) in [5.41, 5.74) is 5.79. The van der Waals surface area contributed by atoms with E-state index in [1.54, 1.807) is 22.8 Å². The van der Waals surface area contributed by atoms with Crippen molar-refractivity contribution in [3.8, 4) is 0 Å². The first-order valence-corrected chi connectivity index (χ1v) is 6.04. The lowest BCUT2D eigenvalue weighted by Gasteiger charge is -2.14. The van der Waals surface area contributed by atoms with Crippen molar-refractivity contribution in [3.05, 3.63) is 11.9 Å². The zero-order valence-electron chi connectivity index (χ0n) is 10.6. The maximum Gasteiger partial charge on any atom is 0.275 e. The van der Waals surface area contributed by atoms with Crippen molar-refractivity contribution in [3.63, 3.8) is 0 Å². The molecule has 0 aliphatic carbocycles. The first-order valence-electron chi connectivity index (χ1n) is 6.04. The quantitative estimate of drug-likeness (QED) is 0.703. The van der Waals surface area contributed by atoms with Gasteiger partial charge in [0.15, 0.2) is 5.69 Å². The average molecular weight is 239 g/mol. The normalized spacial score (nSPS) is 10.5. The summed E-state index contributed by atoms with van der Waals surface area (Å²) in [5, 5.41) is 7.70. The number of hydrogen-bond acceptors (Lipinski definition) is 4. The topological polar surface area (TPSA) is 77.0 Å². The van der Waals surface area contributed by atoms with Crippen LogP contribution in [0.25, 0.3) is 0 Å². The molecule has 1 heterocycles. The van der Waals surface area contributed by atoms with Crippen LogP contribution in [0, 0.1) is 0 Å². The van der Waals surface area contributed by atoms with Crippen LogP contribution >= 0.6 is 0 Å². The molecule has 0 atom stereocenters. The van der Waals surface area contributed by atoms with Crippen molar-refractivity contribution >= 4 is 5.91 Å². The summed E-state index contributed by atoms with van der Waals surface area (Å²) >= 11 is 0. The van der Waals surface area contributed by atoms with E-state index >= 15 is 0 Å². The second-order valence-electron chi connectivity index (χ2n) is 4.09. The van der Waals surface area contributed by atoms with E-state index in [0.29, 0.717) is 18.8 Å². The smallest absolute Gasteiger partial charge is 0.275 e. The van der Waals surface area contributed by atoms with Crippen molar-refractivity contribution in [1.29, 1.82) is 0 Å². The van der Waals surface area contributed by atoms with Crippen LogP contribution in [-0.2, 0) is 6.54 Å². The molecule has 0 saturated carbocycles. The van der Waals surface area contributed by atoms with Crippen molar-refractivity contribution in [1.82, 2.24) is 19.9 Å².